The molecular weight excluding hydrogens is 445 g/mol. The molecule has 4 N–H and O–H groups in total. The summed E-state index contributed by atoms with van der Waals surface area (Å²) >= 11 is 0. The SMILES string of the molecule is Cc1cc(C)cc(CC(O)(CC(C)(C)c2cc(F)ccc2O)C(N)c2ccc3c(c2)COC3=O)c1. The summed E-state index contributed by atoms with van der Waals surface area (Å²) in [5.41, 5.74) is 9.89. The van der Waals surface area contributed by atoms with E-state index in [-0.39, 0.29) is 31.2 Å². The van der Waals surface area contributed by atoms with Crippen LogP contribution in [-0.4, -0.2) is 21.8 Å². The molecule has 0 saturated carbocycles. The molecule has 0 spiro atoms. The lowest BCUT2D eigenvalue weighted by Gasteiger charge is -2.41. The van der Waals surface area contributed by atoms with Gasteiger partial charge in [0, 0.05) is 17.5 Å². The first kappa shape index (κ1) is 24.9. The Bertz CT molecular complexity index is 1270. The maximum Gasteiger partial charge on any atom is 0.338 e. The van der Waals surface area contributed by atoms with Crippen LogP contribution in [0.1, 0.15) is 70.0 Å². The fourth-order valence-electron chi connectivity index (χ4n) is 5.37. The highest BCUT2D eigenvalue weighted by atomic mass is 19.1. The van der Waals surface area contributed by atoms with E-state index in [2.05, 4.69) is 6.07 Å². The van der Waals surface area contributed by atoms with Crippen molar-refractivity contribution in [2.24, 2.45) is 5.73 Å². The first-order valence-electron chi connectivity index (χ1n) is 11.7. The van der Waals surface area contributed by atoms with Gasteiger partial charge < -0.3 is 20.7 Å². The fraction of sp³-hybridized carbons (Fsp3) is 0.345. The molecule has 1 aliphatic rings. The van der Waals surface area contributed by atoms with E-state index in [0.717, 1.165) is 22.3 Å². The molecule has 0 saturated heterocycles. The number of hydrogen-bond acceptors (Lipinski definition) is 5. The summed E-state index contributed by atoms with van der Waals surface area (Å²) in [6.07, 6.45) is 0.403. The minimum atomic E-state index is -1.46. The molecule has 3 aromatic carbocycles. The van der Waals surface area contributed by atoms with Gasteiger partial charge in [0.2, 0.25) is 0 Å². The van der Waals surface area contributed by atoms with E-state index in [0.29, 0.717) is 16.7 Å². The highest BCUT2D eigenvalue weighted by Gasteiger charge is 2.42. The number of nitrogens with two attached hydrogens (primary N) is 1. The maximum atomic E-state index is 14.1. The van der Waals surface area contributed by atoms with Crippen molar-refractivity contribution in [2.75, 3.05) is 0 Å². The van der Waals surface area contributed by atoms with Gasteiger partial charge in [-0.3, -0.25) is 0 Å². The normalized spacial score (nSPS) is 15.9. The molecule has 0 aromatic heterocycles. The average molecular weight is 478 g/mol. The molecule has 1 heterocycles. The van der Waals surface area contributed by atoms with Crippen LogP contribution in [0.2, 0.25) is 0 Å². The van der Waals surface area contributed by atoms with Crippen LogP contribution < -0.4 is 5.73 Å². The number of hydrogen-bond donors (Lipinski definition) is 3. The summed E-state index contributed by atoms with van der Waals surface area (Å²) < 4.78 is 19.2. The van der Waals surface area contributed by atoms with Gasteiger partial charge in [0.15, 0.2) is 0 Å². The summed E-state index contributed by atoms with van der Waals surface area (Å²) in [5.74, 6) is -0.864. The molecule has 0 amide bonds. The summed E-state index contributed by atoms with van der Waals surface area (Å²) in [7, 11) is 0. The second-order valence-corrected chi connectivity index (χ2v) is 10.5. The molecule has 2 atom stereocenters. The van der Waals surface area contributed by atoms with E-state index in [4.69, 9.17) is 10.5 Å². The smallest absolute Gasteiger partial charge is 0.338 e. The summed E-state index contributed by atoms with van der Waals surface area (Å²) in [6, 6.07) is 14.4. The molecule has 0 bridgehead atoms. The molecule has 0 fully saturated rings. The molecule has 6 heteroatoms. The Morgan fingerprint density at radius 2 is 1.74 bits per heavy atom. The number of carbonyl (C=O) groups excluding carboxylic acids is 1. The van der Waals surface area contributed by atoms with Gasteiger partial charge in [-0.1, -0.05) is 49.2 Å². The van der Waals surface area contributed by atoms with Gasteiger partial charge in [-0.2, -0.15) is 0 Å². The van der Waals surface area contributed by atoms with E-state index in [1.165, 1.54) is 18.2 Å². The number of phenols is 1. The highest BCUT2D eigenvalue weighted by Crippen LogP contribution is 2.43. The van der Waals surface area contributed by atoms with E-state index >= 15 is 0 Å². The Balaban J connectivity index is 1.77. The number of benzene rings is 3. The van der Waals surface area contributed by atoms with Crippen molar-refractivity contribution in [1.82, 2.24) is 0 Å². The van der Waals surface area contributed by atoms with Crippen LogP contribution in [0, 0.1) is 19.7 Å². The summed E-state index contributed by atoms with van der Waals surface area (Å²) in [4.78, 5) is 11.9. The number of aromatic hydroxyl groups is 1. The molecule has 3 aromatic rings. The van der Waals surface area contributed by atoms with Gasteiger partial charge in [0.1, 0.15) is 18.2 Å². The third-order valence-electron chi connectivity index (χ3n) is 6.87. The second-order valence-electron chi connectivity index (χ2n) is 10.5. The quantitative estimate of drug-likeness (QED) is 0.409. The van der Waals surface area contributed by atoms with Gasteiger partial charge in [-0.15, -0.1) is 0 Å². The van der Waals surface area contributed by atoms with Gasteiger partial charge in [-0.05, 0) is 67.1 Å². The lowest BCUT2D eigenvalue weighted by molar-refractivity contribution is -0.0120. The largest absolute Gasteiger partial charge is 0.508 e. The van der Waals surface area contributed by atoms with Gasteiger partial charge in [0.25, 0.3) is 0 Å². The first-order valence-corrected chi connectivity index (χ1v) is 11.7. The van der Waals surface area contributed by atoms with Crippen molar-refractivity contribution in [3.8, 4) is 5.75 Å². The molecule has 1 aliphatic heterocycles. The van der Waals surface area contributed by atoms with Crippen LogP contribution in [-0.2, 0) is 23.2 Å². The van der Waals surface area contributed by atoms with Crippen LogP contribution >= 0.6 is 0 Å². The molecule has 0 aliphatic carbocycles. The van der Waals surface area contributed by atoms with Gasteiger partial charge in [-0.25, -0.2) is 9.18 Å². The van der Waals surface area contributed by atoms with Crippen molar-refractivity contribution >= 4 is 5.97 Å². The number of carbonyl (C=O) groups is 1. The van der Waals surface area contributed by atoms with Crippen molar-refractivity contribution < 1.29 is 24.1 Å². The molecule has 184 valence electrons. The minimum Gasteiger partial charge on any atom is -0.508 e. The number of ether oxygens (including phenoxy) is 1. The van der Waals surface area contributed by atoms with Crippen molar-refractivity contribution in [3.05, 3.63) is 99.4 Å². The van der Waals surface area contributed by atoms with E-state index < -0.39 is 22.9 Å². The Labute approximate surface area is 205 Å². The number of cyclic esters (lactones) is 1. The van der Waals surface area contributed by atoms with Crippen molar-refractivity contribution in [3.63, 3.8) is 0 Å². The standard InChI is InChI=1S/C29H32FNO4/c1-17-9-18(2)11-19(10-17)14-29(34,16-28(3,4)24-13-22(30)6-8-25(24)32)26(31)20-5-7-23-21(12-20)15-35-27(23)33/h5-13,26,32,34H,14-16,31H2,1-4H3. The Morgan fingerprint density at radius 3 is 2.43 bits per heavy atom. The lowest BCUT2D eigenvalue weighted by atomic mass is 9.69. The van der Waals surface area contributed by atoms with Crippen molar-refractivity contribution in [1.29, 1.82) is 0 Å². The molecule has 5 nitrogen and oxygen atoms in total. The van der Waals surface area contributed by atoms with E-state index in [1.807, 2.05) is 45.9 Å². The molecule has 2 unspecified atom stereocenters. The van der Waals surface area contributed by atoms with Gasteiger partial charge in [0.05, 0.1) is 17.2 Å². The minimum absolute atomic E-state index is 0.0353. The monoisotopic (exact) mass is 477 g/mol. The molecule has 4 rings (SSSR count). The topological polar surface area (TPSA) is 92.8 Å². The summed E-state index contributed by atoms with van der Waals surface area (Å²) in [6.45, 7) is 7.89. The predicted molar refractivity (Wildman–Crippen MR) is 133 cm³/mol. The number of phenolic OH excluding ortho intramolecular Hbond substituents is 1. The van der Waals surface area contributed by atoms with Crippen LogP contribution in [0.4, 0.5) is 4.39 Å². The van der Waals surface area contributed by atoms with Crippen molar-refractivity contribution in [2.45, 2.75) is 64.2 Å². The van der Waals surface area contributed by atoms with E-state index in [9.17, 15) is 19.4 Å². The number of fused-ring (bicyclic) bond motifs is 1. The Kier molecular flexibility index (Phi) is 6.47. The molecular formula is C29H32FNO4. The molecule has 35 heavy (non-hydrogen) atoms. The number of aryl methyl sites for hydroxylation is 2. The Morgan fingerprint density at radius 1 is 1.06 bits per heavy atom. The van der Waals surface area contributed by atoms with E-state index in [1.54, 1.807) is 12.1 Å². The van der Waals surface area contributed by atoms with Crippen LogP contribution in [0.5, 0.6) is 5.75 Å². The Hall–Kier alpha value is -3.22. The highest BCUT2D eigenvalue weighted by molar-refractivity contribution is 5.93. The zero-order valence-electron chi connectivity index (χ0n) is 20.6. The lowest BCUT2D eigenvalue weighted by Crippen LogP contribution is -2.47. The maximum absolute atomic E-state index is 14.1. The zero-order valence-corrected chi connectivity index (χ0v) is 20.6. The summed E-state index contributed by atoms with van der Waals surface area (Å²) in [5, 5.41) is 22.7. The van der Waals surface area contributed by atoms with Crippen LogP contribution in [0.25, 0.3) is 0 Å². The van der Waals surface area contributed by atoms with Crippen LogP contribution in [0.15, 0.2) is 54.6 Å². The first-order chi connectivity index (χ1) is 16.4. The number of aliphatic hydroxyl groups is 1. The zero-order chi connectivity index (χ0) is 25.5. The third kappa shape index (κ3) is 5.09. The third-order valence-corrected chi connectivity index (χ3v) is 6.87. The van der Waals surface area contributed by atoms with Gasteiger partial charge >= 0.3 is 5.97 Å². The number of rotatable bonds is 7. The predicted octanol–water partition coefficient (Wildman–Crippen LogP) is 5.16. The second kappa shape index (κ2) is 9.10. The molecule has 0 radical (unpaired) electrons. The number of esters is 1. The van der Waals surface area contributed by atoms with Crippen LogP contribution in [0.3, 0.4) is 0 Å². The average Bonchev–Trinajstić information content (AvgIpc) is 3.13. The number of halogens is 1. The fourth-order valence-corrected chi connectivity index (χ4v) is 5.37.